The third-order valence-electron chi connectivity index (χ3n) is 2.87. The van der Waals surface area contributed by atoms with Crippen molar-refractivity contribution in [3.8, 4) is 24.3 Å². The van der Waals surface area contributed by atoms with Crippen LogP contribution in [0.2, 0.25) is 0 Å². The SMILES string of the molecule is C#CCCOc1nc2c(cc1C#N)CCCC2. The summed E-state index contributed by atoms with van der Waals surface area (Å²) in [6.45, 7) is 0.414. The first-order valence-electron chi connectivity index (χ1n) is 5.84. The van der Waals surface area contributed by atoms with E-state index in [0.29, 0.717) is 24.5 Å². The molecule has 0 N–H and O–H groups in total. The van der Waals surface area contributed by atoms with Gasteiger partial charge in [-0.15, -0.1) is 12.3 Å². The lowest BCUT2D eigenvalue weighted by Crippen LogP contribution is -2.09. The number of fused-ring (bicyclic) bond motifs is 1. The Hall–Kier alpha value is -2.00. The van der Waals surface area contributed by atoms with E-state index in [1.165, 1.54) is 12.0 Å². The van der Waals surface area contributed by atoms with Gasteiger partial charge >= 0.3 is 0 Å². The van der Waals surface area contributed by atoms with Gasteiger partial charge in [-0.1, -0.05) is 0 Å². The summed E-state index contributed by atoms with van der Waals surface area (Å²) in [5.41, 5.74) is 2.78. The van der Waals surface area contributed by atoms with Crippen LogP contribution in [0.3, 0.4) is 0 Å². The van der Waals surface area contributed by atoms with Crippen molar-refractivity contribution in [3.63, 3.8) is 0 Å². The van der Waals surface area contributed by atoms with E-state index in [2.05, 4.69) is 17.0 Å². The molecule has 0 aliphatic heterocycles. The predicted octanol–water partition coefficient (Wildman–Crippen LogP) is 2.23. The molecule has 0 unspecified atom stereocenters. The van der Waals surface area contributed by atoms with Crippen LogP contribution in [0.4, 0.5) is 0 Å². The summed E-state index contributed by atoms with van der Waals surface area (Å²) in [5, 5.41) is 9.07. The second-order valence-corrected chi connectivity index (χ2v) is 4.07. The summed E-state index contributed by atoms with van der Waals surface area (Å²) in [7, 11) is 0. The topological polar surface area (TPSA) is 45.9 Å². The van der Waals surface area contributed by atoms with Gasteiger partial charge in [0.1, 0.15) is 18.2 Å². The molecule has 1 heterocycles. The van der Waals surface area contributed by atoms with Gasteiger partial charge in [0.15, 0.2) is 0 Å². The molecule has 1 aromatic heterocycles. The van der Waals surface area contributed by atoms with E-state index >= 15 is 0 Å². The van der Waals surface area contributed by atoms with E-state index in [1.54, 1.807) is 0 Å². The van der Waals surface area contributed by atoms with E-state index in [9.17, 15) is 0 Å². The normalized spacial score (nSPS) is 13.3. The van der Waals surface area contributed by atoms with E-state index in [1.807, 2.05) is 6.07 Å². The fourth-order valence-corrected chi connectivity index (χ4v) is 2.01. The van der Waals surface area contributed by atoms with Crippen LogP contribution in [0, 0.1) is 23.7 Å². The Balaban J connectivity index is 2.25. The van der Waals surface area contributed by atoms with Crippen molar-refractivity contribution < 1.29 is 4.74 Å². The van der Waals surface area contributed by atoms with Crippen LogP contribution >= 0.6 is 0 Å². The lowest BCUT2D eigenvalue weighted by atomic mass is 9.95. The van der Waals surface area contributed by atoms with Gasteiger partial charge in [-0.2, -0.15) is 5.26 Å². The van der Waals surface area contributed by atoms with Crippen LogP contribution < -0.4 is 4.74 Å². The van der Waals surface area contributed by atoms with Gasteiger partial charge in [0.05, 0.1) is 0 Å². The number of ether oxygens (including phenoxy) is 1. The zero-order valence-corrected chi connectivity index (χ0v) is 9.70. The molecule has 0 spiro atoms. The summed E-state index contributed by atoms with van der Waals surface area (Å²) in [5.74, 6) is 2.94. The fraction of sp³-hybridized carbons (Fsp3) is 0.429. The lowest BCUT2D eigenvalue weighted by Gasteiger charge is -2.16. The first-order valence-corrected chi connectivity index (χ1v) is 5.84. The number of nitriles is 1. The minimum atomic E-state index is 0.414. The molecule has 17 heavy (non-hydrogen) atoms. The van der Waals surface area contributed by atoms with E-state index in [0.717, 1.165) is 25.0 Å². The number of rotatable bonds is 3. The van der Waals surface area contributed by atoms with E-state index < -0.39 is 0 Å². The molecule has 0 amide bonds. The van der Waals surface area contributed by atoms with Gasteiger partial charge in [-0.3, -0.25) is 0 Å². The Labute approximate surface area is 101 Å². The molecular weight excluding hydrogens is 212 g/mol. The monoisotopic (exact) mass is 226 g/mol. The van der Waals surface area contributed by atoms with E-state index in [4.69, 9.17) is 16.4 Å². The molecule has 0 bridgehead atoms. The maximum atomic E-state index is 9.07. The van der Waals surface area contributed by atoms with Crippen LogP contribution in [-0.4, -0.2) is 11.6 Å². The molecule has 3 nitrogen and oxygen atoms in total. The summed E-state index contributed by atoms with van der Waals surface area (Å²) in [6.07, 6.45) is 10.0. The number of nitrogens with zero attached hydrogens (tertiary/aromatic N) is 2. The standard InChI is InChI=1S/C14H14N2O/c1-2-3-8-17-14-12(10-15)9-11-6-4-5-7-13(11)16-14/h1,9H,3-8H2. The molecule has 0 saturated heterocycles. The first-order chi connectivity index (χ1) is 8.35. The Kier molecular flexibility index (Phi) is 3.62. The molecule has 1 aliphatic rings. The molecule has 0 aromatic carbocycles. The van der Waals surface area contributed by atoms with Crippen LogP contribution in [0.15, 0.2) is 6.07 Å². The van der Waals surface area contributed by atoms with Crippen LogP contribution in [-0.2, 0) is 12.8 Å². The largest absolute Gasteiger partial charge is 0.476 e. The zero-order valence-electron chi connectivity index (χ0n) is 9.70. The van der Waals surface area contributed by atoms with Crippen molar-refractivity contribution in [1.29, 1.82) is 5.26 Å². The van der Waals surface area contributed by atoms with Gasteiger partial charge in [0, 0.05) is 12.1 Å². The predicted molar refractivity (Wildman–Crippen MR) is 64.5 cm³/mol. The number of hydrogen-bond acceptors (Lipinski definition) is 3. The molecule has 1 aliphatic carbocycles. The van der Waals surface area contributed by atoms with Crippen molar-refractivity contribution >= 4 is 0 Å². The number of terminal acetylenes is 1. The van der Waals surface area contributed by atoms with Crippen LogP contribution in [0.1, 0.15) is 36.1 Å². The third-order valence-corrected chi connectivity index (χ3v) is 2.87. The molecule has 2 rings (SSSR count). The van der Waals surface area contributed by atoms with Gasteiger partial charge < -0.3 is 4.74 Å². The van der Waals surface area contributed by atoms with Crippen LogP contribution in [0.25, 0.3) is 0 Å². The summed E-state index contributed by atoms with van der Waals surface area (Å²) in [6, 6.07) is 4.04. The molecule has 86 valence electrons. The summed E-state index contributed by atoms with van der Waals surface area (Å²) >= 11 is 0. The minimum Gasteiger partial charge on any atom is -0.476 e. The van der Waals surface area contributed by atoms with Crippen molar-refractivity contribution in [2.24, 2.45) is 0 Å². The second-order valence-electron chi connectivity index (χ2n) is 4.07. The molecule has 0 fully saturated rings. The highest BCUT2D eigenvalue weighted by Crippen LogP contribution is 2.25. The maximum absolute atomic E-state index is 9.07. The van der Waals surface area contributed by atoms with Crippen LogP contribution in [0.5, 0.6) is 5.88 Å². The fourth-order valence-electron chi connectivity index (χ4n) is 2.01. The quantitative estimate of drug-likeness (QED) is 0.586. The van der Waals surface area contributed by atoms with Crippen molar-refractivity contribution in [2.75, 3.05) is 6.61 Å². The van der Waals surface area contributed by atoms with Crippen molar-refractivity contribution in [3.05, 3.63) is 22.9 Å². The zero-order chi connectivity index (χ0) is 12.1. The molecule has 0 radical (unpaired) electrons. The number of pyridine rings is 1. The third kappa shape index (κ3) is 2.57. The Bertz CT molecular complexity index is 494. The highest BCUT2D eigenvalue weighted by Gasteiger charge is 2.15. The first kappa shape index (κ1) is 11.5. The molecule has 3 heteroatoms. The van der Waals surface area contributed by atoms with Gasteiger partial charge in [0.2, 0.25) is 5.88 Å². The molecule has 0 saturated carbocycles. The Morgan fingerprint density at radius 1 is 1.41 bits per heavy atom. The average Bonchev–Trinajstić information content (AvgIpc) is 2.38. The smallest absolute Gasteiger partial charge is 0.231 e. The Morgan fingerprint density at radius 2 is 2.24 bits per heavy atom. The van der Waals surface area contributed by atoms with Crippen molar-refractivity contribution in [1.82, 2.24) is 4.98 Å². The minimum absolute atomic E-state index is 0.414. The second kappa shape index (κ2) is 5.37. The Morgan fingerprint density at radius 3 is 3.00 bits per heavy atom. The summed E-state index contributed by atoms with van der Waals surface area (Å²) < 4.78 is 5.46. The maximum Gasteiger partial charge on any atom is 0.231 e. The summed E-state index contributed by atoms with van der Waals surface area (Å²) in [4.78, 5) is 4.44. The van der Waals surface area contributed by atoms with Gasteiger partial charge in [-0.25, -0.2) is 4.98 Å². The molecular formula is C14H14N2O. The number of hydrogen-bond donors (Lipinski definition) is 0. The van der Waals surface area contributed by atoms with Gasteiger partial charge in [-0.05, 0) is 37.3 Å². The average molecular weight is 226 g/mol. The molecule has 0 atom stereocenters. The lowest BCUT2D eigenvalue weighted by molar-refractivity contribution is 0.312. The molecule has 1 aromatic rings. The number of aryl methyl sites for hydroxylation is 2. The van der Waals surface area contributed by atoms with Crippen molar-refractivity contribution in [2.45, 2.75) is 32.1 Å². The van der Waals surface area contributed by atoms with Gasteiger partial charge in [0.25, 0.3) is 0 Å². The highest BCUT2D eigenvalue weighted by atomic mass is 16.5. The highest BCUT2D eigenvalue weighted by molar-refractivity contribution is 5.43. The number of aromatic nitrogens is 1. The van der Waals surface area contributed by atoms with E-state index in [-0.39, 0.29) is 0 Å².